The number of aryl methyl sites for hydroxylation is 1. The van der Waals surface area contributed by atoms with Crippen LogP contribution in [0.25, 0.3) is 21.7 Å². The Bertz CT molecular complexity index is 1600. The summed E-state index contributed by atoms with van der Waals surface area (Å²) < 4.78 is 11.4. The minimum absolute atomic E-state index is 0.0134. The van der Waals surface area contributed by atoms with Gasteiger partial charge in [-0.2, -0.15) is 0 Å². The average molecular weight is 443 g/mol. The van der Waals surface area contributed by atoms with E-state index in [0.29, 0.717) is 27.6 Å². The first-order valence-corrected chi connectivity index (χ1v) is 10.4. The summed E-state index contributed by atoms with van der Waals surface area (Å²) in [6.45, 7) is 1.74. The molecule has 0 saturated carbocycles. The number of halogens is 1. The number of fused-ring (bicyclic) bond motifs is 4. The third kappa shape index (κ3) is 2.63. The van der Waals surface area contributed by atoms with Gasteiger partial charge >= 0.3 is 0 Å². The van der Waals surface area contributed by atoms with Gasteiger partial charge in [0.25, 0.3) is 5.91 Å². The first-order valence-electron chi connectivity index (χ1n) is 10.0. The van der Waals surface area contributed by atoms with Crippen LogP contribution in [0.2, 0.25) is 5.02 Å². The van der Waals surface area contributed by atoms with E-state index >= 15 is 0 Å². The highest BCUT2D eigenvalue weighted by Crippen LogP contribution is 2.41. The van der Waals surface area contributed by atoms with Gasteiger partial charge in [-0.3, -0.25) is 14.5 Å². The topological polar surface area (TPSA) is 76.6 Å². The molecule has 0 aliphatic carbocycles. The minimum atomic E-state index is -0.716. The van der Waals surface area contributed by atoms with E-state index in [1.165, 1.54) is 4.90 Å². The van der Waals surface area contributed by atoms with Crippen molar-refractivity contribution in [1.82, 2.24) is 5.16 Å². The maximum Gasteiger partial charge on any atom is 0.296 e. The van der Waals surface area contributed by atoms with E-state index < -0.39 is 11.9 Å². The van der Waals surface area contributed by atoms with E-state index in [1.54, 1.807) is 43.3 Å². The van der Waals surface area contributed by atoms with Crippen molar-refractivity contribution in [3.8, 4) is 0 Å². The van der Waals surface area contributed by atoms with E-state index in [9.17, 15) is 9.59 Å². The summed E-state index contributed by atoms with van der Waals surface area (Å²) in [7, 11) is 0. The molecule has 0 N–H and O–H groups in total. The molecule has 5 aromatic rings. The fraction of sp³-hybridized carbons (Fsp3) is 0.0800. The third-order valence-electron chi connectivity index (χ3n) is 5.81. The monoisotopic (exact) mass is 442 g/mol. The van der Waals surface area contributed by atoms with Crippen molar-refractivity contribution in [1.29, 1.82) is 0 Å². The molecule has 0 spiro atoms. The largest absolute Gasteiger partial charge is 0.450 e. The van der Waals surface area contributed by atoms with Crippen molar-refractivity contribution in [3.05, 3.63) is 105 Å². The number of hydrogen-bond donors (Lipinski definition) is 0. The molecular formula is C25H15ClN2O4. The number of carbonyl (C=O) groups excluding carboxylic acids is 1. The number of rotatable bonds is 2. The SMILES string of the molecule is Cc1cc(N2C(=O)c3oc4c(ccc5ccccc54)c(=O)c3[C@@H]2c2ccc(Cl)cc2)no1. The fourth-order valence-corrected chi connectivity index (χ4v) is 4.49. The Balaban J connectivity index is 1.69. The first-order chi connectivity index (χ1) is 15.5. The second-order valence-electron chi connectivity index (χ2n) is 7.76. The van der Waals surface area contributed by atoms with E-state index in [1.807, 2.05) is 30.3 Å². The Hall–Kier alpha value is -3.90. The Morgan fingerprint density at radius 2 is 1.75 bits per heavy atom. The first kappa shape index (κ1) is 18.8. The second kappa shape index (κ2) is 6.80. The molecular weight excluding hydrogens is 428 g/mol. The molecule has 1 atom stereocenters. The molecule has 6 rings (SSSR count). The average Bonchev–Trinajstić information content (AvgIpc) is 3.35. The van der Waals surface area contributed by atoms with Gasteiger partial charge in [0.1, 0.15) is 11.3 Å². The van der Waals surface area contributed by atoms with Gasteiger partial charge in [0.15, 0.2) is 11.2 Å². The molecule has 32 heavy (non-hydrogen) atoms. The van der Waals surface area contributed by atoms with Crippen LogP contribution in [0.15, 0.2) is 80.5 Å². The zero-order chi connectivity index (χ0) is 22.0. The summed E-state index contributed by atoms with van der Waals surface area (Å²) in [6, 6.07) is 19.2. The highest BCUT2D eigenvalue weighted by Gasteiger charge is 2.45. The molecule has 2 aromatic heterocycles. The van der Waals surface area contributed by atoms with Crippen LogP contribution in [-0.2, 0) is 0 Å². The van der Waals surface area contributed by atoms with Gasteiger partial charge in [-0.05, 0) is 36.1 Å². The molecule has 1 aliphatic rings. The van der Waals surface area contributed by atoms with Crippen LogP contribution in [0, 0.1) is 6.92 Å². The van der Waals surface area contributed by atoms with E-state index in [-0.39, 0.29) is 16.8 Å². The number of anilines is 1. The van der Waals surface area contributed by atoms with Crippen LogP contribution < -0.4 is 10.3 Å². The van der Waals surface area contributed by atoms with Crippen molar-refractivity contribution < 1.29 is 13.7 Å². The number of hydrogen-bond acceptors (Lipinski definition) is 5. The molecule has 3 heterocycles. The Morgan fingerprint density at radius 3 is 2.50 bits per heavy atom. The van der Waals surface area contributed by atoms with E-state index in [0.717, 1.165) is 16.3 Å². The Kier molecular flexibility index (Phi) is 4.00. The van der Waals surface area contributed by atoms with Crippen LogP contribution in [0.1, 0.15) is 33.5 Å². The fourth-order valence-electron chi connectivity index (χ4n) is 4.36. The van der Waals surface area contributed by atoms with Gasteiger partial charge in [0.2, 0.25) is 5.76 Å². The second-order valence-corrected chi connectivity index (χ2v) is 8.20. The van der Waals surface area contributed by atoms with Crippen LogP contribution in [-0.4, -0.2) is 11.1 Å². The van der Waals surface area contributed by atoms with Gasteiger partial charge in [0, 0.05) is 16.5 Å². The zero-order valence-corrected chi connectivity index (χ0v) is 17.6. The molecule has 0 saturated heterocycles. The lowest BCUT2D eigenvalue weighted by Gasteiger charge is -2.22. The normalized spacial score (nSPS) is 15.6. The number of nitrogens with zero attached hydrogens (tertiary/aromatic N) is 2. The number of aromatic nitrogens is 1. The highest BCUT2D eigenvalue weighted by molar-refractivity contribution is 6.30. The number of benzene rings is 3. The molecule has 0 radical (unpaired) electrons. The lowest BCUT2D eigenvalue weighted by Crippen LogP contribution is -2.29. The molecule has 0 unspecified atom stereocenters. The smallest absolute Gasteiger partial charge is 0.296 e. The molecule has 1 aliphatic heterocycles. The predicted octanol–water partition coefficient (Wildman–Crippen LogP) is 5.65. The highest BCUT2D eigenvalue weighted by atomic mass is 35.5. The summed E-state index contributed by atoms with van der Waals surface area (Å²) in [5, 5.41) is 6.71. The summed E-state index contributed by atoms with van der Waals surface area (Å²) >= 11 is 6.08. The van der Waals surface area contributed by atoms with Crippen LogP contribution >= 0.6 is 11.6 Å². The maximum atomic E-state index is 13.7. The zero-order valence-electron chi connectivity index (χ0n) is 16.8. The Labute approximate surface area is 186 Å². The quantitative estimate of drug-likeness (QED) is 0.330. The molecule has 3 aromatic carbocycles. The number of amides is 1. The molecule has 7 heteroatoms. The van der Waals surface area contributed by atoms with Gasteiger partial charge in [-0.15, -0.1) is 0 Å². The van der Waals surface area contributed by atoms with Crippen molar-refractivity contribution >= 4 is 45.1 Å². The molecule has 1 amide bonds. The van der Waals surface area contributed by atoms with Crippen molar-refractivity contribution in [3.63, 3.8) is 0 Å². The van der Waals surface area contributed by atoms with E-state index in [4.69, 9.17) is 20.5 Å². The Morgan fingerprint density at radius 1 is 0.969 bits per heavy atom. The van der Waals surface area contributed by atoms with Gasteiger partial charge < -0.3 is 8.94 Å². The lowest BCUT2D eigenvalue weighted by molar-refractivity contribution is 0.0969. The predicted molar refractivity (Wildman–Crippen MR) is 121 cm³/mol. The summed E-state index contributed by atoms with van der Waals surface area (Å²) in [5.74, 6) is 0.431. The number of carbonyl (C=O) groups is 1. The van der Waals surface area contributed by atoms with E-state index in [2.05, 4.69) is 5.16 Å². The van der Waals surface area contributed by atoms with Crippen molar-refractivity contribution in [2.24, 2.45) is 0 Å². The van der Waals surface area contributed by atoms with Gasteiger partial charge in [-0.25, -0.2) is 0 Å². The molecule has 0 fully saturated rings. The van der Waals surface area contributed by atoms with Crippen LogP contribution in [0.3, 0.4) is 0 Å². The molecule has 0 bridgehead atoms. The van der Waals surface area contributed by atoms with Crippen molar-refractivity contribution in [2.75, 3.05) is 4.90 Å². The minimum Gasteiger partial charge on any atom is -0.450 e. The summed E-state index contributed by atoms with van der Waals surface area (Å²) in [4.78, 5) is 28.7. The lowest BCUT2D eigenvalue weighted by atomic mass is 9.97. The summed E-state index contributed by atoms with van der Waals surface area (Å²) in [6.07, 6.45) is 0. The standard InChI is InChI=1S/C25H15ClN2O4/c1-13-12-19(27-32-13)28-21(15-6-9-16(26)10-7-15)20-22(29)18-11-8-14-4-2-3-5-17(14)23(18)31-24(20)25(28)30/h2-12,21H,1H3/t21-/m0/s1. The summed E-state index contributed by atoms with van der Waals surface area (Å²) in [5.41, 5.74) is 1.15. The molecule has 156 valence electrons. The third-order valence-corrected chi connectivity index (χ3v) is 6.06. The maximum absolute atomic E-state index is 13.7. The van der Waals surface area contributed by atoms with Crippen molar-refractivity contribution in [2.45, 2.75) is 13.0 Å². The van der Waals surface area contributed by atoms with Gasteiger partial charge in [-0.1, -0.05) is 59.2 Å². The van der Waals surface area contributed by atoms with Gasteiger partial charge in [0.05, 0.1) is 17.0 Å². The van der Waals surface area contributed by atoms with Crippen LogP contribution in [0.5, 0.6) is 0 Å². The van der Waals surface area contributed by atoms with Crippen LogP contribution in [0.4, 0.5) is 5.82 Å². The molecule has 6 nitrogen and oxygen atoms in total.